The van der Waals surface area contributed by atoms with Crippen molar-refractivity contribution in [1.29, 1.82) is 0 Å². The Morgan fingerprint density at radius 1 is 1.47 bits per heavy atom. The number of nitrogen functional groups attached to an aromatic ring is 1. The van der Waals surface area contributed by atoms with Crippen LogP contribution in [0.15, 0.2) is 18.2 Å². The third kappa shape index (κ3) is 3.23. The smallest absolute Gasteiger partial charge is 0.393 e. The molecule has 0 atom stereocenters. The fraction of sp³-hybridized carbons (Fsp3) is 0.333. The Balaban J connectivity index is 3.13. The zero-order valence-corrected chi connectivity index (χ0v) is 8.86. The highest BCUT2D eigenvalue weighted by Crippen LogP contribution is 2.34. The molecule has 0 heterocycles. The molecule has 0 aliphatic rings. The highest BCUT2D eigenvalue weighted by Gasteiger charge is 2.32. The molecule has 0 fully saturated rings. The summed E-state index contributed by atoms with van der Waals surface area (Å²) in [5.41, 5.74) is 4.53. The van der Waals surface area contributed by atoms with E-state index in [-0.39, 0.29) is 11.4 Å². The van der Waals surface area contributed by atoms with Gasteiger partial charge >= 0.3 is 11.9 Å². The second kappa shape index (κ2) is 4.48. The van der Waals surface area contributed by atoms with Gasteiger partial charge in [0, 0.05) is 7.05 Å². The molecular formula is C9H10F3N3O2. The van der Waals surface area contributed by atoms with Gasteiger partial charge in [-0.25, -0.2) is 0 Å². The van der Waals surface area contributed by atoms with Crippen molar-refractivity contribution in [2.24, 2.45) is 0 Å². The Hall–Kier alpha value is -1.99. The van der Waals surface area contributed by atoms with Gasteiger partial charge in [0.05, 0.1) is 4.92 Å². The van der Waals surface area contributed by atoms with Crippen molar-refractivity contribution >= 4 is 17.1 Å². The number of alkyl halides is 3. The van der Waals surface area contributed by atoms with Crippen LogP contribution in [0.4, 0.5) is 30.2 Å². The minimum Gasteiger partial charge on any atom is -0.393 e. The number of benzene rings is 1. The van der Waals surface area contributed by atoms with Crippen LogP contribution in [0.2, 0.25) is 0 Å². The molecule has 0 aliphatic heterocycles. The topological polar surface area (TPSA) is 72.4 Å². The van der Waals surface area contributed by atoms with Crippen molar-refractivity contribution in [3.8, 4) is 0 Å². The van der Waals surface area contributed by atoms with Gasteiger partial charge in [0.1, 0.15) is 17.9 Å². The second-order valence-electron chi connectivity index (χ2n) is 3.44. The van der Waals surface area contributed by atoms with Gasteiger partial charge in [0.15, 0.2) is 0 Å². The molecule has 0 amide bonds. The number of para-hydroxylation sites is 1. The standard InChI is InChI=1S/C9H10F3N3O2/c1-14(5-9(10,11)12)7-4-2-3-6(13)8(7)15(16)17/h2-4H,5,13H2,1H3. The molecular weight excluding hydrogens is 239 g/mol. The largest absolute Gasteiger partial charge is 0.405 e. The zero-order valence-electron chi connectivity index (χ0n) is 8.86. The van der Waals surface area contributed by atoms with Crippen LogP contribution < -0.4 is 10.6 Å². The summed E-state index contributed by atoms with van der Waals surface area (Å²) in [6.45, 7) is -1.28. The predicted octanol–water partition coefficient (Wildman–Crippen LogP) is 2.18. The summed E-state index contributed by atoms with van der Waals surface area (Å²) in [4.78, 5) is 10.7. The molecule has 0 unspecified atom stereocenters. The second-order valence-corrected chi connectivity index (χ2v) is 3.44. The summed E-state index contributed by atoms with van der Waals surface area (Å²) in [5.74, 6) is 0. The number of halogens is 3. The molecule has 0 bridgehead atoms. The van der Waals surface area contributed by atoms with Gasteiger partial charge < -0.3 is 10.6 Å². The van der Waals surface area contributed by atoms with E-state index in [1.54, 1.807) is 0 Å². The van der Waals surface area contributed by atoms with E-state index in [2.05, 4.69) is 0 Å². The Morgan fingerprint density at radius 3 is 2.53 bits per heavy atom. The van der Waals surface area contributed by atoms with E-state index in [4.69, 9.17) is 5.73 Å². The third-order valence-electron chi connectivity index (χ3n) is 2.06. The molecule has 17 heavy (non-hydrogen) atoms. The van der Waals surface area contributed by atoms with E-state index in [1.807, 2.05) is 0 Å². The number of nitro benzene ring substituents is 1. The molecule has 0 radical (unpaired) electrons. The molecule has 0 spiro atoms. The van der Waals surface area contributed by atoms with E-state index in [1.165, 1.54) is 18.2 Å². The Morgan fingerprint density at radius 2 is 2.06 bits per heavy atom. The van der Waals surface area contributed by atoms with Crippen molar-refractivity contribution < 1.29 is 18.1 Å². The van der Waals surface area contributed by atoms with Crippen LogP contribution in [-0.4, -0.2) is 24.7 Å². The maximum Gasteiger partial charge on any atom is 0.405 e. The highest BCUT2D eigenvalue weighted by atomic mass is 19.4. The van der Waals surface area contributed by atoms with Gasteiger partial charge in [-0.05, 0) is 12.1 Å². The van der Waals surface area contributed by atoms with Crippen LogP contribution in [0, 0.1) is 10.1 Å². The lowest BCUT2D eigenvalue weighted by Gasteiger charge is -2.20. The first kappa shape index (κ1) is 13.1. The van der Waals surface area contributed by atoms with E-state index in [0.717, 1.165) is 11.9 Å². The average molecular weight is 249 g/mol. The summed E-state index contributed by atoms with van der Waals surface area (Å²) in [6.07, 6.45) is -4.44. The summed E-state index contributed by atoms with van der Waals surface area (Å²) in [6, 6.07) is 3.85. The van der Waals surface area contributed by atoms with Gasteiger partial charge in [-0.2, -0.15) is 13.2 Å². The fourth-order valence-electron chi connectivity index (χ4n) is 1.41. The van der Waals surface area contributed by atoms with E-state index in [0.29, 0.717) is 0 Å². The van der Waals surface area contributed by atoms with Crippen LogP contribution in [0.1, 0.15) is 0 Å². The van der Waals surface area contributed by atoms with E-state index < -0.39 is 23.3 Å². The molecule has 1 aromatic carbocycles. The SMILES string of the molecule is CN(CC(F)(F)F)c1cccc(N)c1[N+](=O)[O-]. The van der Waals surface area contributed by atoms with Crippen molar-refractivity contribution in [3.63, 3.8) is 0 Å². The van der Waals surface area contributed by atoms with E-state index in [9.17, 15) is 23.3 Å². The van der Waals surface area contributed by atoms with Crippen molar-refractivity contribution in [3.05, 3.63) is 28.3 Å². The van der Waals surface area contributed by atoms with Gasteiger partial charge in [-0.1, -0.05) is 6.07 Å². The maximum absolute atomic E-state index is 12.2. The summed E-state index contributed by atoms with van der Waals surface area (Å²) in [5, 5.41) is 10.7. The average Bonchev–Trinajstić information content (AvgIpc) is 2.13. The highest BCUT2D eigenvalue weighted by molar-refractivity contribution is 5.75. The van der Waals surface area contributed by atoms with Crippen LogP contribution >= 0.6 is 0 Å². The van der Waals surface area contributed by atoms with E-state index >= 15 is 0 Å². The van der Waals surface area contributed by atoms with Gasteiger partial charge in [-0.3, -0.25) is 10.1 Å². The van der Waals surface area contributed by atoms with Crippen LogP contribution in [0.25, 0.3) is 0 Å². The number of nitrogens with zero attached hydrogens (tertiary/aromatic N) is 2. The predicted molar refractivity (Wildman–Crippen MR) is 56.8 cm³/mol. The summed E-state index contributed by atoms with van der Waals surface area (Å²) >= 11 is 0. The molecule has 0 saturated carbocycles. The lowest BCUT2D eigenvalue weighted by atomic mass is 10.2. The van der Waals surface area contributed by atoms with Crippen molar-refractivity contribution in [2.45, 2.75) is 6.18 Å². The molecule has 0 aliphatic carbocycles. The lowest BCUT2D eigenvalue weighted by Crippen LogP contribution is -2.31. The molecule has 0 saturated heterocycles. The van der Waals surface area contributed by atoms with Crippen molar-refractivity contribution in [2.75, 3.05) is 24.2 Å². The number of nitrogens with two attached hydrogens (primary N) is 1. The molecule has 1 rings (SSSR count). The first-order valence-electron chi connectivity index (χ1n) is 4.53. The molecule has 8 heteroatoms. The van der Waals surface area contributed by atoms with Crippen LogP contribution in [0.5, 0.6) is 0 Å². The Labute approximate surface area is 94.8 Å². The minimum absolute atomic E-state index is 0.160. The minimum atomic E-state index is -4.44. The number of nitro groups is 1. The van der Waals surface area contributed by atoms with Gasteiger partial charge in [0.25, 0.3) is 0 Å². The monoisotopic (exact) mass is 249 g/mol. The molecule has 94 valence electrons. The number of hydrogen-bond donors (Lipinski definition) is 1. The van der Waals surface area contributed by atoms with Crippen LogP contribution in [-0.2, 0) is 0 Å². The van der Waals surface area contributed by atoms with Gasteiger partial charge in [0.2, 0.25) is 0 Å². The van der Waals surface area contributed by atoms with Crippen molar-refractivity contribution in [1.82, 2.24) is 0 Å². The fourth-order valence-corrected chi connectivity index (χ4v) is 1.41. The first-order chi connectivity index (χ1) is 7.72. The normalized spacial score (nSPS) is 11.3. The third-order valence-corrected chi connectivity index (χ3v) is 2.06. The maximum atomic E-state index is 12.2. The number of anilines is 2. The lowest BCUT2D eigenvalue weighted by molar-refractivity contribution is -0.383. The first-order valence-corrected chi connectivity index (χ1v) is 4.53. The Bertz CT molecular complexity index is 434. The molecule has 0 aromatic heterocycles. The molecule has 5 nitrogen and oxygen atoms in total. The summed E-state index contributed by atoms with van der Waals surface area (Å²) < 4.78 is 36.5. The quantitative estimate of drug-likeness (QED) is 0.506. The molecule has 2 N–H and O–H groups in total. The summed E-state index contributed by atoms with van der Waals surface area (Å²) in [7, 11) is 1.12. The van der Waals surface area contributed by atoms with Crippen LogP contribution in [0.3, 0.4) is 0 Å². The number of hydrogen-bond acceptors (Lipinski definition) is 4. The Kier molecular flexibility index (Phi) is 3.45. The molecule has 1 aromatic rings. The van der Waals surface area contributed by atoms with Gasteiger partial charge in [-0.15, -0.1) is 0 Å². The number of rotatable bonds is 3. The zero-order chi connectivity index (χ0) is 13.2.